The van der Waals surface area contributed by atoms with Crippen molar-refractivity contribution in [1.29, 1.82) is 0 Å². The van der Waals surface area contributed by atoms with Gasteiger partial charge in [-0.05, 0) is 49.4 Å². The molecule has 1 heteroatoms. The zero-order valence-corrected chi connectivity index (χ0v) is 17.1. The number of benzene rings is 1. The summed E-state index contributed by atoms with van der Waals surface area (Å²) in [6.45, 7) is 5.14. The van der Waals surface area contributed by atoms with Crippen LogP contribution in [0.3, 0.4) is 0 Å². The Balaban J connectivity index is 1.70. The van der Waals surface area contributed by atoms with Crippen LogP contribution in [-0.4, -0.2) is 5.78 Å². The Morgan fingerprint density at radius 3 is 1.92 bits per heavy atom. The number of rotatable bonds is 3. The van der Waals surface area contributed by atoms with Gasteiger partial charge in [-0.2, -0.15) is 0 Å². The highest BCUT2D eigenvalue weighted by Gasteiger charge is 2.44. The van der Waals surface area contributed by atoms with Gasteiger partial charge in [0.1, 0.15) is 0 Å². The topological polar surface area (TPSA) is 17.1 Å². The predicted molar refractivity (Wildman–Crippen MR) is 110 cm³/mol. The van der Waals surface area contributed by atoms with Gasteiger partial charge >= 0.3 is 0 Å². The van der Waals surface area contributed by atoms with Crippen molar-refractivity contribution >= 4 is 5.78 Å². The average molecular weight is 355 g/mol. The van der Waals surface area contributed by atoms with E-state index in [1.165, 1.54) is 70.6 Å². The minimum atomic E-state index is 0.235. The number of carbonyl (C=O) groups excluding carboxylic acids is 1. The van der Waals surface area contributed by atoms with Crippen LogP contribution < -0.4 is 0 Å². The van der Waals surface area contributed by atoms with E-state index < -0.39 is 0 Å². The summed E-state index contributed by atoms with van der Waals surface area (Å²) in [5.41, 5.74) is 1.78. The van der Waals surface area contributed by atoms with Gasteiger partial charge in [0.05, 0.1) is 0 Å². The summed E-state index contributed by atoms with van der Waals surface area (Å²) in [5, 5.41) is 0. The second-order valence-electron chi connectivity index (χ2n) is 9.60. The second-order valence-corrected chi connectivity index (χ2v) is 9.60. The van der Waals surface area contributed by atoms with Crippen molar-refractivity contribution in [3.8, 4) is 0 Å². The molecule has 1 aromatic carbocycles. The maximum absolute atomic E-state index is 13.0. The first kappa shape index (κ1) is 19.6. The lowest BCUT2D eigenvalue weighted by atomic mass is 9.57. The molecule has 0 amide bonds. The molecule has 1 aromatic rings. The van der Waals surface area contributed by atoms with E-state index in [9.17, 15) is 4.79 Å². The summed E-state index contributed by atoms with van der Waals surface area (Å²) in [6.07, 6.45) is 17.2. The van der Waals surface area contributed by atoms with Gasteiger partial charge in [-0.1, -0.05) is 89.1 Å². The quantitative estimate of drug-likeness (QED) is 0.403. The van der Waals surface area contributed by atoms with Crippen molar-refractivity contribution in [1.82, 2.24) is 0 Å². The number of Topliss-reactive ketones (excluding diaryl/α,β-unsaturated/α-hetero) is 1. The number of hydrogen-bond acceptors (Lipinski definition) is 1. The highest BCUT2D eigenvalue weighted by Crippen LogP contribution is 2.55. The summed E-state index contributed by atoms with van der Waals surface area (Å²) >= 11 is 0. The van der Waals surface area contributed by atoms with Crippen molar-refractivity contribution in [2.45, 2.75) is 97.3 Å². The molecule has 1 nitrogen and oxygen atoms in total. The van der Waals surface area contributed by atoms with Gasteiger partial charge in [0, 0.05) is 11.5 Å². The minimum absolute atomic E-state index is 0.235. The van der Waals surface area contributed by atoms with Gasteiger partial charge in [0.15, 0.2) is 5.78 Å². The number of carbonyl (C=O) groups is 1. The lowest BCUT2D eigenvalue weighted by Crippen LogP contribution is -2.37. The maximum atomic E-state index is 13.0. The fourth-order valence-electron chi connectivity index (χ4n) is 5.67. The maximum Gasteiger partial charge on any atom is 0.165 e. The van der Waals surface area contributed by atoms with Crippen LogP contribution in [0.1, 0.15) is 108 Å². The Labute approximate surface area is 161 Å². The first-order chi connectivity index (χ1) is 12.5. The second kappa shape index (κ2) is 8.72. The Kier molecular flexibility index (Phi) is 6.59. The Bertz CT molecular complexity index is 565. The molecule has 2 unspecified atom stereocenters. The van der Waals surface area contributed by atoms with E-state index in [0.29, 0.717) is 16.6 Å². The molecular weight excluding hydrogens is 316 g/mol. The van der Waals surface area contributed by atoms with Crippen LogP contribution in [0.2, 0.25) is 0 Å². The standard InChI is InChI=1S/C25H38O/c1-24(17-10-5-3-4-6-11-18-24)25(2)19-12-15-22(16-20-25)23(26)21-13-8-7-9-14-21/h7-9,13-14,22H,3-6,10-12,15-20H2,1-2H3. The van der Waals surface area contributed by atoms with Crippen LogP contribution in [-0.2, 0) is 0 Å². The van der Waals surface area contributed by atoms with Gasteiger partial charge < -0.3 is 0 Å². The fraction of sp³-hybridized carbons (Fsp3) is 0.720. The van der Waals surface area contributed by atoms with E-state index in [0.717, 1.165) is 18.4 Å². The van der Waals surface area contributed by atoms with E-state index in [-0.39, 0.29) is 5.92 Å². The van der Waals surface area contributed by atoms with Crippen LogP contribution in [0, 0.1) is 16.7 Å². The molecule has 2 fully saturated rings. The van der Waals surface area contributed by atoms with Crippen molar-refractivity contribution in [3.63, 3.8) is 0 Å². The Hall–Kier alpha value is -1.11. The van der Waals surface area contributed by atoms with Gasteiger partial charge in [0.2, 0.25) is 0 Å². The smallest absolute Gasteiger partial charge is 0.165 e. The van der Waals surface area contributed by atoms with E-state index >= 15 is 0 Å². The molecule has 2 aliphatic rings. The van der Waals surface area contributed by atoms with Crippen molar-refractivity contribution in [2.24, 2.45) is 16.7 Å². The van der Waals surface area contributed by atoms with Crippen LogP contribution in [0.5, 0.6) is 0 Å². The summed E-state index contributed by atoms with van der Waals surface area (Å²) in [7, 11) is 0. The molecule has 0 spiro atoms. The molecule has 2 saturated carbocycles. The third-order valence-electron chi connectivity index (χ3n) is 7.92. The van der Waals surface area contributed by atoms with Crippen molar-refractivity contribution < 1.29 is 4.79 Å². The van der Waals surface area contributed by atoms with Gasteiger partial charge in [-0.3, -0.25) is 4.79 Å². The van der Waals surface area contributed by atoms with Crippen molar-refractivity contribution in [2.75, 3.05) is 0 Å². The molecule has 144 valence electrons. The van der Waals surface area contributed by atoms with Crippen LogP contribution in [0.25, 0.3) is 0 Å². The van der Waals surface area contributed by atoms with Gasteiger partial charge in [-0.15, -0.1) is 0 Å². The molecule has 0 heterocycles. The van der Waals surface area contributed by atoms with E-state index in [2.05, 4.69) is 13.8 Å². The normalized spacial score (nSPS) is 30.5. The van der Waals surface area contributed by atoms with Crippen molar-refractivity contribution in [3.05, 3.63) is 35.9 Å². The molecular formula is C25H38O. The van der Waals surface area contributed by atoms with Gasteiger partial charge in [0.25, 0.3) is 0 Å². The van der Waals surface area contributed by atoms with Crippen LogP contribution in [0.15, 0.2) is 30.3 Å². The highest BCUT2D eigenvalue weighted by molar-refractivity contribution is 5.97. The molecule has 0 radical (unpaired) electrons. The number of hydrogen-bond donors (Lipinski definition) is 0. The number of ketones is 1. The first-order valence-corrected chi connectivity index (χ1v) is 11.1. The summed E-state index contributed by atoms with van der Waals surface area (Å²) in [6, 6.07) is 9.97. The van der Waals surface area contributed by atoms with Gasteiger partial charge in [-0.25, -0.2) is 0 Å². The molecule has 2 atom stereocenters. The Morgan fingerprint density at radius 2 is 1.27 bits per heavy atom. The third-order valence-corrected chi connectivity index (χ3v) is 7.92. The molecule has 0 bridgehead atoms. The highest BCUT2D eigenvalue weighted by atomic mass is 16.1. The lowest BCUT2D eigenvalue weighted by Gasteiger charge is -2.47. The fourth-order valence-corrected chi connectivity index (χ4v) is 5.67. The summed E-state index contributed by atoms with van der Waals surface area (Å²) in [4.78, 5) is 13.0. The molecule has 0 aromatic heterocycles. The molecule has 0 saturated heterocycles. The van der Waals surface area contributed by atoms with E-state index in [4.69, 9.17) is 0 Å². The molecule has 3 rings (SSSR count). The summed E-state index contributed by atoms with van der Waals surface area (Å²) < 4.78 is 0. The van der Waals surface area contributed by atoms with Crippen LogP contribution >= 0.6 is 0 Å². The zero-order chi connectivity index (χ0) is 18.5. The summed E-state index contributed by atoms with van der Waals surface area (Å²) in [5.74, 6) is 0.619. The molecule has 2 aliphatic carbocycles. The first-order valence-electron chi connectivity index (χ1n) is 11.1. The Morgan fingerprint density at radius 1 is 0.731 bits per heavy atom. The third kappa shape index (κ3) is 4.41. The predicted octanol–water partition coefficient (Wildman–Crippen LogP) is 7.60. The minimum Gasteiger partial charge on any atom is -0.294 e. The van der Waals surface area contributed by atoms with E-state index in [1.807, 2.05) is 30.3 Å². The van der Waals surface area contributed by atoms with E-state index in [1.54, 1.807) is 0 Å². The lowest BCUT2D eigenvalue weighted by molar-refractivity contribution is 0.0285. The zero-order valence-electron chi connectivity index (χ0n) is 17.1. The molecule has 26 heavy (non-hydrogen) atoms. The molecule has 0 aliphatic heterocycles. The average Bonchev–Trinajstić information content (AvgIpc) is 2.78. The largest absolute Gasteiger partial charge is 0.294 e. The monoisotopic (exact) mass is 354 g/mol. The SMILES string of the molecule is CC1(C2(C)CCCC(C(=O)c3ccccc3)CC2)CCCCCCCC1. The molecule has 0 N–H and O–H groups in total. The van der Waals surface area contributed by atoms with Crippen LogP contribution in [0.4, 0.5) is 0 Å².